The summed E-state index contributed by atoms with van der Waals surface area (Å²) in [5.74, 6) is -0.0133. The van der Waals surface area contributed by atoms with Crippen molar-refractivity contribution in [2.24, 2.45) is 0 Å². The van der Waals surface area contributed by atoms with E-state index in [-0.39, 0.29) is 17.8 Å². The van der Waals surface area contributed by atoms with E-state index in [9.17, 15) is 9.18 Å². The molecule has 23 heavy (non-hydrogen) atoms. The average molecular weight is 354 g/mol. The SMILES string of the molecule is CCCC(C)NC(=O)CSc1nnc(Nc2cccc(F)c2)s1. The second kappa shape index (κ2) is 8.83. The van der Waals surface area contributed by atoms with Gasteiger partial charge in [0.25, 0.3) is 0 Å². The van der Waals surface area contributed by atoms with Crippen LogP contribution in [0.5, 0.6) is 0 Å². The third-order valence-corrected chi connectivity index (χ3v) is 4.91. The minimum atomic E-state index is -0.313. The second-order valence-corrected chi connectivity index (χ2v) is 7.25. The van der Waals surface area contributed by atoms with Crippen molar-refractivity contribution in [2.45, 2.75) is 37.1 Å². The van der Waals surface area contributed by atoms with Crippen molar-refractivity contribution in [3.63, 3.8) is 0 Å². The number of anilines is 2. The van der Waals surface area contributed by atoms with E-state index in [4.69, 9.17) is 0 Å². The average Bonchev–Trinajstić information content (AvgIpc) is 2.93. The Bertz CT molecular complexity index is 650. The fourth-order valence-corrected chi connectivity index (χ4v) is 3.54. The van der Waals surface area contributed by atoms with Crippen LogP contribution >= 0.6 is 23.1 Å². The molecule has 0 radical (unpaired) electrons. The Balaban J connectivity index is 1.82. The Hall–Kier alpha value is -1.67. The number of hydrogen-bond donors (Lipinski definition) is 2. The first-order valence-electron chi connectivity index (χ1n) is 7.35. The molecule has 124 valence electrons. The third kappa shape index (κ3) is 6.15. The highest BCUT2D eigenvalue weighted by Gasteiger charge is 2.10. The van der Waals surface area contributed by atoms with Crippen LogP contribution in [0.3, 0.4) is 0 Å². The quantitative estimate of drug-likeness (QED) is 0.706. The molecule has 2 aromatic rings. The fourth-order valence-electron chi connectivity index (χ4n) is 1.96. The first-order chi connectivity index (χ1) is 11.1. The van der Waals surface area contributed by atoms with Gasteiger partial charge in [0, 0.05) is 11.7 Å². The predicted molar refractivity (Wildman–Crippen MR) is 92.8 cm³/mol. The lowest BCUT2D eigenvalue weighted by atomic mass is 10.2. The van der Waals surface area contributed by atoms with E-state index in [0.29, 0.717) is 20.9 Å². The van der Waals surface area contributed by atoms with Crippen LogP contribution < -0.4 is 10.6 Å². The maximum Gasteiger partial charge on any atom is 0.230 e. The molecule has 0 aliphatic carbocycles. The van der Waals surface area contributed by atoms with Crippen molar-refractivity contribution < 1.29 is 9.18 Å². The minimum Gasteiger partial charge on any atom is -0.353 e. The van der Waals surface area contributed by atoms with Gasteiger partial charge in [-0.1, -0.05) is 42.5 Å². The lowest BCUT2D eigenvalue weighted by Crippen LogP contribution is -2.33. The van der Waals surface area contributed by atoms with E-state index in [0.717, 1.165) is 12.8 Å². The Morgan fingerprint density at radius 2 is 2.26 bits per heavy atom. The van der Waals surface area contributed by atoms with Crippen LogP contribution in [0.1, 0.15) is 26.7 Å². The van der Waals surface area contributed by atoms with Crippen LogP contribution in [0.25, 0.3) is 0 Å². The molecule has 1 aromatic heterocycles. The molecule has 1 heterocycles. The molecule has 1 aromatic carbocycles. The number of nitrogens with one attached hydrogen (secondary N) is 2. The Kier molecular flexibility index (Phi) is 6.79. The standard InChI is InChI=1S/C15H19FN4OS2/c1-3-5-10(2)17-13(21)9-22-15-20-19-14(23-15)18-12-7-4-6-11(16)8-12/h4,6-8,10H,3,5,9H2,1-2H3,(H,17,21)(H,18,19). The number of thioether (sulfide) groups is 1. The largest absolute Gasteiger partial charge is 0.353 e. The molecular weight excluding hydrogens is 335 g/mol. The number of hydrogen-bond acceptors (Lipinski definition) is 6. The number of rotatable bonds is 8. The number of benzene rings is 1. The maximum atomic E-state index is 13.1. The zero-order chi connectivity index (χ0) is 16.7. The molecule has 2 N–H and O–H groups in total. The van der Waals surface area contributed by atoms with Gasteiger partial charge in [-0.3, -0.25) is 4.79 Å². The highest BCUT2D eigenvalue weighted by Crippen LogP contribution is 2.27. The van der Waals surface area contributed by atoms with E-state index in [1.165, 1.54) is 35.2 Å². The van der Waals surface area contributed by atoms with Crippen molar-refractivity contribution in [3.8, 4) is 0 Å². The molecule has 0 bridgehead atoms. The summed E-state index contributed by atoms with van der Waals surface area (Å²) in [5, 5.41) is 14.5. The molecular formula is C15H19FN4OS2. The summed E-state index contributed by atoms with van der Waals surface area (Å²) in [4.78, 5) is 11.8. The van der Waals surface area contributed by atoms with Gasteiger partial charge in [-0.25, -0.2) is 4.39 Å². The van der Waals surface area contributed by atoms with Crippen LogP contribution in [0, 0.1) is 5.82 Å². The van der Waals surface area contributed by atoms with Crippen molar-refractivity contribution >= 4 is 39.8 Å². The molecule has 0 saturated carbocycles. The van der Waals surface area contributed by atoms with Gasteiger partial charge in [-0.15, -0.1) is 10.2 Å². The first-order valence-corrected chi connectivity index (χ1v) is 9.15. The van der Waals surface area contributed by atoms with Gasteiger partial charge < -0.3 is 10.6 Å². The lowest BCUT2D eigenvalue weighted by molar-refractivity contribution is -0.119. The number of nitrogens with zero attached hydrogens (tertiary/aromatic N) is 2. The highest BCUT2D eigenvalue weighted by atomic mass is 32.2. The third-order valence-electron chi connectivity index (χ3n) is 2.94. The fraction of sp³-hybridized carbons (Fsp3) is 0.400. The molecule has 0 spiro atoms. The predicted octanol–water partition coefficient (Wildman–Crippen LogP) is 3.82. The summed E-state index contributed by atoms with van der Waals surface area (Å²) in [5.41, 5.74) is 0.615. The molecule has 0 saturated heterocycles. The van der Waals surface area contributed by atoms with E-state index in [1.54, 1.807) is 12.1 Å². The van der Waals surface area contributed by atoms with Crippen LogP contribution in [-0.4, -0.2) is 27.9 Å². The monoisotopic (exact) mass is 354 g/mol. The number of carbonyl (C=O) groups excluding carboxylic acids is 1. The lowest BCUT2D eigenvalue weighted by Gasteiger charge is -2.11. The van der Waals surface area contributed by atoms with Crippen molar-refractivity contribution in [3.05, 3.63) is 30.1 Å². The summed E-state index contributed by atoms with van der Waals surface area (Å²) >= 11 is 2.67. The van der Waals surface area contributed by atoms with E-state index >= 15 is 0 Å². The Labute approximate surface area is 143 Å². The van der Waals surface area contributed by atoms with Crippen molar-refractivity contribution in [1.29, 1.82) is 0 Å². The second-order valence-electron chi connectivity index (χ2n) is 5.05. The summed E-state index contributed by atoms with van der Waals surface area (Å²) in [6.45, 7) is 4.09. The maximum absolute atomic E-state index is 13.1. The molecule has 0 aliphatic rings. The first kappa shape index (κ1) is 17.7. The Morgan fingerprint density at radius 3 is 3.00 bits per heavy atom. The van der Waals surface area contributed by atoms with E-state index in [1.807, 2.05) is 6.92 Å². The van der Waals surface area contributed by atoms with Gasteiger partial charge >= 0.3 is 0 Å². The van der Waals surface area contributed by atoms with Gasteiger partial charge in [0.2, 0.25) is 11.0 Å². The summed E-state index contributed by atoms with van der Waals surface area (Å²) in [7, 11) is 0. The van der Waals surface area contributed by atoms with E-state index in [2.05, 4.69) is 27.8 Å². The summed E-state index contributed by atoms with van der Waals surface area (Å²) < 4.78 is 13.8. The number of carbonyl (C=O) groups is 1. The van der Waals surface area contributed by atoms with Gasteiger partial charge in [0.1, 0.15) is 5.82 Å². The van der Waals surface area contributed by atoms with Gasteiger partial charge in [-0.05, 0) is 31.5 Å². The molecule has 1 unspecified atom stereocenters. The van der Waals surface area contributed by atoms with Crippen LogP contribution in [-0.2, 0) is 4.79 Å². The molecule has 1 atom stereocenters. The van der Waals surface area contributed by atoms with Crippen molar-refractivity contribution in [1.82, 2.24) is 15.5 Å². The molecule has 0 aliphatic heterocycles. The summed E-state index contributed by atoms with van der Waals surface area (Å²) in [6, 6.07) is 6.32. The number of halogens is 1. The van der Waals surface area contributed by atoms with Crippen LogP contribution in [0.15, 0.2) is 28.6 Å². The molecule has 1 amide bonds. The van der Waals surface area contributed by atoms with Gasteiger partial charge in [-0.2, -0.15) is 0 Å². The highest BCUT2D eigenvalue weighted by molar-refractivity contribution is 8.01. The normalized spacial score (nSPS) is 12.0. The zero-order valence-corrected chi connectivity index (χ0v) is 14.6. The summed E-state index contributed by atoms with van der Waals surface area (Å²) in [6.07, 6.45) is 2.01. The van der Waals surface area contributed by atoms with Crippen LogP contribution in [0.4, 0.5) is 15.2 Å². The molecule has 2 rings (SSSR count). The number of aromatic nitrogens is 2. The minimum absolute atomic E-state index is 0.00853. The smallest absolute Gasteiger partial charge is 0.230 e. The zero-order valence-electron chi connectivity index (χ0n) is 13.0. The van der Waals surface area contributed by atoms with Crippen LogP contribution in [0.2, 0.25) is 0 Å². The Morgan fingerprint density at radius 1 is 1.43 bits per heavy atom. The van der Waals surface area contributed by atoms with Crippen molar-refractivity contribution in [2.75, 3.05) is 11.1 Å². The topological polar surface area (TPSA) is 66.9 Å². The molecule has 0 fully saturated rings. The molecule has 8 heteroatoms. The van der Waals surface area contributed by atoms with E-state index < -0.39 is 0 Å². The number of amides is 1. The van der Waals surface area contributed by atoms with Gasteiger partial charge in [0.05, 0.1) is 5.75 Å². The van der Waals surface area contributed by atoms with Gasteiger partial charge in [0.15, 0.2) is 4.34 Å². The molecule has 5 nitrogen and oxygen atoms in total.